The molecule has 0 fully saturated rings. The lowest BCUT2D eigenvalue weighted by molar-refractivity contribution is -0.122. The summed E-state index contributed by atoms with van der Waals surface area (Å²) >= 11 is 0. The van der Waals surface area contributed by atoms with E-state index in [0.29, 0.717) is 0 Å². The normalized spacial score (nSPS) is 12.9. The minimum atomic E-state index is -4.73. The lowest BCUT2D eigenvalue weighted by atomic mass is 10.4. The average Bonchev–Trinajstić information content (AvgIpc) is 2.69. The zero-order valence-corrected chi connectivity index (χ0v) is 10.6. The van der Waals surface area contributed by atoms with E-state index in [4.69, 9.17) is 5.11 Å². The second-order valence-corrected chi connectivity index (χ2v) is 5.42. The van der Waals surface area contributed by atoms with Crippen molar-refractivity contribution in [3.63, 3.8) is 0 Å². The van der Waals surface area contributed by atoms with Crippen LogP contribution >= 0.6 is 0 Å². The molecule has 3 N–H and O–H groups in total. The molecule has 0 radical (unpaired) electrons. The topological polar surface area (TPSA) is 112 Å². The smallest absolute Gasteiger partial charge is 0.357 e. The van der Waals surface area contributed by atoms with Crippen molar-refractivity contribution in [2.75, 3.05) is 6.54 Å². The number of rotatable bonds is 6. The first-order chi connectivity index (χ1) is 8.99. The van der Waals surface area contributed by atoms with Gasteiger partial charge in [0.25, 0.3) is 0 Å². The zero-order chi connectivity index (χ0) is 15.7. The molecule has 0 atom stereocenters. The van der Waals surface area contributed by atoms with E-state index in [9.17, 15) is 30.8 Å². The molecule has 0 unspecified atom stereocenters. The largest absolute Gasteiger partial charge is 0.476 e. The molecule has 20 heavy (non-hydrogen) atoms. The summed E-state index contributed by atoms with van der Waals surface area (Å²) in [7, 11) is -4.73. The number of carbonyl (C=O) groups is 1. The average molecular weight is 319 g/mol. The van der Waals surface area contributed by atoms with Gasteiger partial charge in [0.1, 0.15) is 4.90 Å². The van der Waals surface area contributed by atoms with E-state index in [1.54, 1.807) is 0 Å². The number of alkyl halides is 4. The van der Waals surface area contributed by atoms with Crippen LogP contribution in [0.5, 0.6) is 0 Å². The molecule has 0 amide bonds. The van der Waals surface area contributed by atoms with E-state index < -0.39 is 45.5 Å². The van der Waals surface area contributed by atoms with Crippen LogP contribution in [0.1, 0.15) is 16.2 Å². The minimum absolute atomic E-state index is 0.227. The Balaban J connectivity index is 3.07. The molecule has 0 aliphatic heterocycles. The highest BCUT2D eigenvalue weighted by Gasteiger charge is 2.42. The van der Waals surface area contributed by atoms with Crippen molar-refractivity contribution < 1.29 is 35.9 Å². The fourth-order valence-electron chi connectivity index (χ4n) is 1.23. The predicted octanol–water partition coefficient (Wildman–Crippen LogP) is 0.595. The van der Waals surface area contributed by atoms with Gasteiger partial charge in [0.15, 0.2) is 5.69 Å². The fourth-order valence-corrected chi connectivity index (χ4v) is 2.60. The van der Waals surface area contributed by atoms with Crippen molar-refractivity contribution in [1.29, 1.82) is 0 Å². The van der Waals surface area contributed by atoms with Gasteiger partial charge in [0, 0.05) is 0 Å². The maximum absolute atomic E-state index is 12.7. The van der Waals surface area contributed by atoms with E-state index in [0.717, 1.165) is 6.92 Å². The number of aromatic amines is 1. The Kier molecular flexibility index (Phi) is 4.39. The van der Waals surface area contributed by atoms with Crippen molar-refractivity contribution >= 4 is 16.0 Å². The first kappa shape index (κ1) is 16.4. The molecular formula is C8H9F4N3O4S. The third-order valence-electron chi connectivity index (χ3n) is 2.18. The first-order valence-corrected chi connectivity index (χ1v) is 6.41. The van der Waals surface area contributed by atoms with Crippen molar-refractivity contribution in [2.24, 2.45) is 0 Å². The van der Waals surface area contributed by atoms with E-state index >= 15 is 0 Å². The molecule has 0 aromatic carbocycles. The first-order valence-electron chi connectivity index (χ1n) is 4.93. The molecular weight excluding hydrogens is 310 g/mol. The number of nitrogens with one attached hydrogen (secondary N) is 2. The SMILES string of the molecule is Cc1[nH]nc(C(=O)O)c1S(=O)(=O)NCC(F)(F)C(F)F. The van der Waals surface area contributed by atoms with Crippen LogP contribution in [0, 0.1) is 6.92 Å². The summed E-state index contributed by atoms with van der Waals surface area (Å²) in [6, 6.07) is 0. The van der Waals surface area contributed by atoms with Crippen LogP contribution < -0.4 is 4.72 Å². The van der Waals surface area contributed by atoms with Crippen LogP contribution in [0.15, 0.2) is 4.90 Å². The molecule has 0 aliphatic carbocycles. The van der Waals surface area contributed by atoms with Gasteiger partial charge in [-0.2, -0.15) is 13.9 Å². The van der Waals surface area contributed by atoms with Crippen LogP contribution in [0.3, 0.4) is 0 Å². The molecule has 12 heteroatoms. The number of aromatic nitrogens is 2. The Hall–Kier alpha value is -1.69. The second kappa shape index (κ2) is 5.36. The third kappa shape index (κ3) is 3.25. The maximum Gasteiger partial charge on any atom is 0.357 e. The maximum atomic E-state index is 12.7. The lowest BCUT2D eigenvalue weighted by Crippen LogP contribution is -2.41. The van der Waals surface area contributed by atoms with E-state index in [2.05, 4.69) is 10.2 Å². The highest BCUT2D eigenvalue weighted by Crippen LogP contribution is 2.23. The molecule has 7 nitrogen and oxygen atoms in total. The van der Waals surface area contributed by atoms with E-state index in [1.165, 1.54) is 4.72 Å². The van der Waals surface area contributed by atoms with Gasteiger partial charge in [-0.1, -0.05) is 0 Å². The molecule has 0 saturated heterocycles. The predicted molar refractivity (Wildman–Crippen MR) is 56.4 cm³/mol. The molecule has 1 heterocycles. The summed E-state index contributed by atoms with van der Waals surface area (Å²) < 4.78 is 73.8. The van der Waals surface area contributed by atoms with Crippen molar-refractivity contribution in [2.45, 2.75) is 24.2 Å². The lowest BCUT2D eigenvalue weighted by Gasteiger charge is -2.15. The number of aryl methyl sites for hydroxylation is 1. The zero-order valence-electron chi connectivity index (χ0n) is 9.82. The standard InChI is InChI=1S/C8H9F4N3O4S/c1-3-5(4(6(16)17)15-14-3)20(18,19)13-2-8(11,12)7(9)10/h7,13H,2H2,1H3,(H,14,15)(H,16,17). The van der Waals surface area contributed by atoms with Gasteiger partial charge in [0.2, 0.25) is 10.0 Å². The number of halogens is 4. The monoisotopic (exact) mass is 319 g/mol. The second-order valence-electron chi connectivity index (χ2n) is 3.72. The van der Waals surface area contributed by atoms with Gasteiger partial charge in [-0.15, -0.1) is 0 Å². The van der Waals surface area contributed by atoms with Gasteiger partial charge < -0.3 is 5.11 Å². The van der Waals surface area contributed by atoms with Crippen LogP contribution in [0.25, 0.3) is 0 Å². The van der Waals surface area contributed by atoms with Crippen LogP contribution in [-0.4, -0.2) is 48.6 Å². The summed E-state index contributed by atoms with van der Waals surface area (Å²) in [6.45, 7) is -0.726. The van der Waals surface area contributed by atoms with Crippen LogP contribution in [0.2, 0.25) is 0 Å². The van der Waals surface area contributed by atoms with Crippen LogP contribution in [0.4, 0.5) is 17.6 Å². The van der Waals surface area contributed by atoms with Crippen molar-refractivity contribution in [3.8, 4) is 0 Å². The highest BCUT2D eigenvalue weighted by molar-refractivity contribution is 7.89. The number of carboxylic acid groups (broad SMARTS) is 1. The Morgan fingerprint density at radius 2 is 2.05 bits per heavy atom. The molecule has 0 spiro atoms. The van der Waals surface area contributed by atoms with E-state index in [-0.39, 0.29) is 5.69 Å². The van der Waals surface area contributed by atoms with Gasteiger partial charge in [-0.3, -0.25) is 5.10 Å². The highest BCUT2D eigenvalue weighted by atomic mass is 32.2. The van der Waals surface area contributed by atoms with Gasteiger partial charge in [0.05, 0.1) is 12.2 Å². The summed E-state index contributed by atoms with van der Waals surface area (Å²) in [5.41, 5.74) is -1.15. The number of hydrogen-bond donors (Lipinski definition) is 3. The summed E-state index contributed by atoms with van der Waals surface area (Å²) in [4.78, 5) is 9.87. The van der Waals surface area contributed by atoms with Gasteiger partial charge in [-0.25, -0.2) is 26.7 Å². The Labute approximate surface area is 110 Å². The molecule has 0 bridgehead atoms. The molecule has 0 saturated carbocycles. The molecule has 0 aliphatic rings. The molecule has 1 aromatic heterocycles. The number of hydrogen-bond acceptors (Lipinski definition) is 4. The number of carboxylic acids is 1. The van der Waals surface area contributed by atoms with Gasteiger partial charge >= 0.3 is 18.3 Å². The van der Waals surface area contributed by atoms with E-state index in [1.807, 2.05) is 0 Å². The Morgan fingerprint density at radius 1 is 1.50 bits per heavy atom. The number of nitrogens with zero attached hydrogens (tertiary/aromatic N) is 1. The van der Waals surface area contributed by atoms with Gasteiger partial charge in [-0.05, 0) is 6.92 Å². The van der Waals surface area contributed by atoms with Crippen molar-refractivity contribution in [3.05, 3.63) is 11.4 Å². The van der Waals surface area contributed by atoms with Crippen LogP contribution in [-0.2, 0) is 10.0 Å². The quantitative estimate of drug-likeness (QED) is 0.665. The van der Waals surface area contributed by atoms with Crippen molar-refractivity contribution in [1.82, 2.24) is 14.9 Å². The minimum Gasteiger partial charge on any atom is -0.476 e. The summed E-state index contributed by atoms with van der Waals surface area (Å²) in [5, 5.41) is 14.0. The number of aromatic carboxylic acids is 1. The molecule has 1 rings (SSSR count). The third-order valence-corrected chi connectivity index (χ3v) is 3.74. The number of sulfonamides is 1. The number of H-pyrrole nitrogens is 1. The summed E-state index contributed by atoms with van der Waals surface area (Å²) in [6.07, 6.45) is -4.06. The Bertz CT molecular complexity index is 613. The Morgan fingerprint density at radius 3 is 2.50 bits per heavy atom. The molecule has 114 valence electrons. The molecule has 1 aromatic rings. The summed E-state index contributed by atoms with van der Waals surface area (Å²) in [5.74, 6) is -6.29. The fraction of sp³-hybridized carbons (Fsp3) is 0.500.